The van der Waals surface area contributed by atoms with Crippen molar-refractivity contribution < 1.29 is 23.7 Å². The fraction of sp³-hybridized carbons (Fsp3) is 0.455. The molecule has 2 aromatic rings. The highest BCUT2D eigenvalue weighted by atomic mass is 16.5. The van der Waals surface area contributed by atoms with Gasteiger partial charge in [0, 0.05) is 0 Å². The van der Waals surface area contributed by atoms with E-state index in [0.717, 1.165) is 35.7 Å². The Labute approximate surface area is 160 Å². The molecule has 2 aromatic carbocycles. The molecule has 2 bridgehead atoms. The maximum absolute atomic E-state index is 6.54. The molecule has 27 heavy (non-hydrogen) atoms. The van der Waals surface area contributed by atoms with Gasteiger partial charge in [0.15, 0.2) is 23.0 Å². The molecule has 144 valence electrons. The Morgan fingerprint density at radius 1 is 0.852 bits per heavy atom. The average Bonchev–Trinajstić information content (AvgIpc) is 2.93. The van der Waals surface area contributed by atoms with E-state index in [2.05, 4.69) is 25.1 Å². The minimum absolute atomic E-state index is 0.334. The van der Waals surface area contributed by atoms with Crippen LogP contribution in [0, 0.1) is 11.8 Å². The largest absolute Gasteiger partial charge is 0.493 e. The molecule has 1 saturated heterocycles. The van der Waals surface area contributed by atoms with Gasteiger partial charge in [0.05, 0.1) is 35.0 Å². The molecule has 0 unspecified atom stereocenters. The summed E-state index contributed by atoms with van der Waals surface area (Å²) in [6.45, 7) is 3.00. The van der Waals surface area contributed by atoms with Crippen molar-refractivity contribution in [3.05, 3.63) is 47.0 Å². The molecule has 2 aliphatic rings. The summed E-state index contributed by atoms with van der Waals surface area (Å²) in [5.74, 6) is 3.69. The second-order valence-electron chi connectivity index (χ2n) is 7.23. The van der Waals surface area contributed by atoms with Gasteiger partial charge >= 0.3 is 0 Å². The zero-order valence-corrected chi connectivity index (χ0v) is 16.5. The lowest BCUT2D eigenvalue weighted by atomic mass is 9.66. The summed E-state index contributed by atoms with van der Waals surface area (Å²) in [7, 11) is 6.64. The molecule has 1 heterocycles. The quantitative estimate of drug-likeness (QED) is 0.801. The van der Waals surface area contributed by atoms with Gasteiger partial charge in [-0.15, -0.1) is 0 Å². The third-order valence-corrected chi connectivity index (χ3v) is 6.18. The fourth-order valence-corrected chi connectivity index (χ4v) is 4.69. The number of hydrogen-bond acceptors (Lipinski definition) is 5. The van der Waals surface area contributed by atoms with Crippen molar-refractivity contribution in [1.29, 1.82) is 0 Å². The molecule has 3 atom stereocenters. The number of hydrogen-bond donors (Lipinski definition) is 0. The Kier molecular flexibility index (Phi) is 4.42. The molecule has 0 radical (unpaired) electrons. The molecule has 1 fully saturated rings. The van der Waals surface area contributed by atoms with Crippen molar-refractivity contribution >= 4 is 0 Å². The Bertz CT molecular complexity index is 862. The van der Waals surface area contributed by atoms with Crippen molar-refractivity contribution in [1.82, 2.24) is 0 Å². The van der Waals surface area contributed by atoms with E-state index < -0.39 is 5.60 Å². The first-order valence-electron chi connectivity index (χ1n) is 9.20. The van der Waals surface area contributed by atoms with E-state index in [-0.39, 0.29) is 0 Å². The maximum atomic E-state index is 6.54. The van der Waals surface area contributed by atoms with Crippen LogP contribution in [0.1, 0.15) is 23.6 Å². The zero-order valence-electron chi connectivity index (χ0n) is 16.5. The predicted octanol–water partition coefficient (Wildman–Crippen LogP) is 3.80. The summed E-state index contributed by atoms with van der Waals surface area (Å²) in [6.07, 6.45) is 0.978. The van der Waals surface area contributed by atoms with Gasteiger partial charge in [0.25, 0.3) is 0 Å². The van der Waals surface area contributed by atoms with Crippen LogP contribution in [0.4, 0.5) is 0 Å². The van der Waals surface area contributed by atoms with E-state index in [1.54, 1.807) is 28.4 Å². The Morgan fingerprint density at radius 3 is 2.15 bits per heavy atom. The third-order valence-electron chi connectivity index (χ3n) is 6.18. The molecule has 1 aliphatic heterocycles. The summed E-state index contributed by atoms with van der Waals surface area (Å²) >= 11 is 0. The Morgan fingerprint density at radius 2 is 1.48 bits per heavy atom. The topological polar surface area (TPSA) is 46.2 Å². The van der Waals surface area contributed by atoms with E-state index in [1.165, 1.54) is 5.56 Å². The van der Waals surface area contributed by atoms with E-state index in [9.17, 15) is 0 Å². The number of methoxy groups -OCH3 is 4. The second-order valence-corrected chi connectivity index (χ2v) is 7.23. The minimum Gasteiger partial charge on any atom is -0.493 e. The molecule has 0 spiro atoms. The van der Waals surface area contributed by atoms with Crippen LogP contribution in [-0.4, -0.2) is 35.0 Å². The van der Waals surface area contributed by atoms with E-state index in [1.807, 2.05) is 12.1 Å². The lowest BCUT2D eigenvalue weighted by Gasteiger charge is -2.40. The Balaban J connectivity index is 1.94. The van der Waals surface area contributed by atoms with Crippen molar-refractivity contribution in [2.24, 2.45) is 11.8 Å². The van der Waals surface area contributed by atoms with E-state index in [4.69, 9.17) is 23.7 Å². The van der Waals surface area contributed by atoms with Crippen LogP contribution in [-0.2, 0) is 16.8 Å². The highest BCUT2D eigenvalue weighted by molar-refractivity contribution is 5.56. The summed E-state index contributed by atoms with van der Waals surface area (Å²) < 4.78 is 28.6. The van der Waals surface area contributed by atoms with Gasteiger partial charge in [-0.25, -0.2) is 0 Å². The maximum Gasteiger partial charge on any atom is 0.161 e. The first kappa shape index (κ1) is 18.0. The molecule has 0 N–H and O–H groups in total. The zero-order chi connectivity index (χ0) is 19.2. The smallest absolute Gasteiger partial charge is 0.161 e. The summed E-state index contributed by atoms with van der Waals surface area (Å²) in [6, 6.07) is 10.2. The summed E-state index contributed by atoms with van der Waals surface area (Å²) in [5.41, 5.74) is 2.94. The molecule has 5 nitrogen and oxygen atoms in total. The van der Waals surface area contributed by atoms with Gasteiger partial charge < -0.3 is 23.7 Å². The van der Waals surface area contributed by atoms with Crippen molar-refractivity contribution in [3.63, 3.8) is 0 Å². The molecular weight excluding hydrogens is 344 g/mol. The number of ether oxygens (including phenoxy) is 5. The molecular formula is C22H26O5. The molecule has 0 amide bonds. The first-order valence-corrected chi connectivity index (χ1v) is 9.20. The van der Waals surface area contributed by atoms with Crippen LogP contribution >= 0.6 is 0 Å². The average molecular weight is 370 g/mol. The van der Waals surface area contributed by atoms with E-state index in [0.29, 0.717) is 23.3 Å². The standard InChI is InChI=1S/C22H26O5/c1-13-15-8-14-9-19(24-3)21(26-5)11-17(14)22(13,27-12-15)16-6-7-18(23-2)20(10-16)25-4/h6-7,9-11,13,15H,8,12H2,1-5H3/t13-,15-,22-/m0/s1. The molecule has 0 saturated carbocycles. The highest BCUT2D eigenvalue weighted by Crippen LogP contribution is 2.56. The highest BCUT2D eigenvalue weighted by Gasteiger charge is 2.54. The Hall–Kier alpha value is -2.40. The van der Waals surface area contributed by atoms with Gasteiger partial charge in [-0.3, -0.25) is 0 Å². The minimum atomic E-state index is -0.530. The SMILES string of the molecule is COc1ccc([C@]23OC[C@H](Cc4cc(OC)c(OC)cc42)[C@@H]3C)cc1OC. The first-order chi connectivity index (χ1) is 13.1. The molecule has 1 aliphatic carbocycles. The summed E-state index contributed by atoms with van der Waals surface area (Å²) in [5, 5.41) is 0. The number of rotatable bonds is 5. The number of benzene rings is 2. The van der Waals surface area contributed by atoms with Gasteiger partial charge in [-0.1, -0.05) is 13.0 Å². The summed E-state index contributed by atoms with van der Waals surface area (Å²) in [4.78, 5) is 0. The van der Waals surface area contributed by atoms with Crippen LogP contribution in [0.15, 0.2) is 30.3 Å². The van der Waals surface area contributed by atoms with Crippen LogP contribution in [0.2, 0.25) is 0 Å². The van der Waals surface area contributed by atoms with Crippen LogP contribution < -0.4 is 18.9 Å². The third kappa shape index (κ3) is 2.48. The van der Waals surface area contributed by atoms with Gasteiger partial charge in [0.1, 0.15) is 5.60 Å². The van der Waals surface area contributed by atoms with Crippen molar-refractivity contribution in [3.8, 4) is 23.0 Å². The van der Waals surface area contributed by atoms with Gasteiger partial charge in [-0.05, 0) is 59.2 Å². The van der Waals surface area contributed by atoms with Crippen molar-refractivity contribution in [2.75, 3.05) is 35.0 Å². The molecule has 0 aromatic heterocycles. The van der Waals surface area contributed by atoms with Gasteiger partial charge in [0.2, 0.25) is 0 Å². The van der Waals surface area contributed by atoms with Crippen LogP contribution in [0.25, 0.3) is 0 Å². The lowest BCUT2D eigenvalue weighted by Crippen LogP contribution is -2.38. The predicted molar refractivity (Wildman–Crippen MR) is 102 cm³/mol. The van der Waals surface area contributed by atoms with E-state index >= 15 is 0 Å². The normalized spacial score (nSPS) is 25.7. The molecule has 4 rings (SSSR count). The van der Waals surface area contributed by atoms with Crippen LogP contribution in [0.3, 0.4) is 0 Å². The van der Waals surface area contributed by atoms with Gasteiger partial charge in [-0.2, -0.15) is 0 Å². The lowest BCUT2D eigenvalue weighted by molar-refractivity contribution is 0.0132. The monoisotopic (exact) mass is 370 g/mol. The van der Waals surface area contributed by atoms with Crippen LogP contribution in [0.5, 0.6) is 23.0 Å². The fourth-order valence-electron chi connectivity index (χ4n) is 4.69. The molecule has 5 heteroatoms. The second kappa shape index (κ2) is 6.64. The van der Waals surface area contributed by atoms with Crippen molar-refractivity contribution in [2.45, 2.75) is 18.9 Å². The number of fused-ring (bicyclic) bond motifs is 4.